The lowest BCUT2D eigenvalue weighted by atomic mass is 10.1. The maximum absolute atomic E-state index is 12.8. The first kappa shape index (κ1) is 22.0. The Balaban J connectivity index is 1.85. The normalized spacial score (nSPS) is 11.1. The second-order valence-electron chi connectivity index (χ2n) is 7.12. The van der Waals surface area contributed by atoms with E-state index in [1.807, 2.05) is 6.07 Å². The number of nitro benzene ring substituents is 1. The standard InChI is InChI=1S/C22H21N3O5S/c1-14-10-11-15(2)21(12-14)31(29,30)24-18-7-4-6-17(13-18)22(26)23-19-8-5-9-20(16(19)3)25(27)28/h4-13,24H,1-3H3,(H,23,26). The van der Waals surface area contributed by atoms with Gasteiger partial charge in [0.15, 0.2) is 0 Å². The molecule has 0 unspecified atom stereocenters. The molecule has 0 saturated carbocycles. The highest BCUT2D eigenvalue weighted by atomic mass is 32.2. The van der Waals surface area contributed by atoms with Crippen LogP contribution in [0.4, 0.5) is 17.1 Å². The summed E-state index contributed by atoms with van der Waals surface area (Å²) in [7, 11) is -3.85. The van der Waals surface area contributed by atoms with Crippen molar-refractivity contribution < 1.29 is 18.1 Å². The highest BCUT2D eigenvalue weighted by Gasteiger charge is 2.19. The average molecular weight is 439 g/mol. The molecule has 31 heavy (non-hydrogen) atoms. The summed E-state index contributed by atoms with van der Waals surface area (Å²) in [5, 5.41) is 13.7. The summed E-state index contributed by atoms with van der Waals surface area (Å²) < 4.78 is 28.1. The Kier molecular flexibility index (Phi) is 6.07. The Morgan fingerprint density at radius 2 is 1.68 bits per heavy atom. The summed E-state index contributed by atoms with van der Waals surface area (Å²) in [5.74, 6) is -0.517. The zero-order chi connectivity index (χ0) is 22.8. The van der Waals surface area contributed by atoms with E-state index in [4.69, 9.17) is 0 Å². The topological polar surface area (TPSA) is 118 Å². The van der Waals surface area contributed by atoms with Crippen LogP contribution in [0.15, 0.2) is 65.6 Å². The fraction of sp³-hybridized carbons (Fsp3) is 0.136. The molecule has 0 aliphatic rings. The van der Waals surface area contributed by atoms with Crippen LogP contribution < -0.4 is 10.0 Å². The van der Waals surface area contributed by atoms with Crippen molar-refractivity contribution in [3.63, 3.8) is 0 Å². The number of hydrogen-bond acceptors (Lipinski definition) is 5. The molecule has 0 atom stereocenters. The number of amides is 1. The number of carbonyl (C=O) groups excluding carboxylic acids is 1. The van der Waals surface area contributed by atoms with Crippen molar-refractivity contribution in [1.82, 2.24) is 0 Å². The number of aryl methyl sites for hydroxylation is 2. The van der Waals surface area contributed by atoms with Gasteiger partial charge in [-0.05, 0) is 62.2 Å². The predicted molar refractivity (Wildman–Crippen MR) is 119 cm³/mol. The maximum atomic E-state index is 12.8. The average Bonchev–Trinajstić information content (AvgIpc) is 2.71. The van der Waals surface area contributed by atoms with Gasteiger partial charge in [0.1, 0.15) is 0 Å². The Morgan fingerprint density at radius 1 is 0.968 bits per heavy atom. The summed E-state index contributed by atoms with van der Waals surface area (Å²) in [5.41, 5.74) is 2.37. The number of rotatable bonds is 6. The van der Waals surface area contributed by atoms with E-state index < -0.39 is 20.9 Å². The van der Waals surface area contributed by atoms with Crippen molar-refractivity contribution >= 4 is 33.0 Å². The number of nitrogens with one attached hydrogen (secondary N) is 2. The molecule has 0 radical (unpaired) electrons. The monoisotopic (exact) mass is 439 g/mol. The van der Waals surface area contributed by atoms with Gasteiger partial charge in [-0.3, -0.25) is 19.6 Å². The lowest BCUT2D eigenvalue weighted by Crippen LogP contribution is -2.16. The Bertz CT molecular complexity index is 1290. The lowest BCUT2D eigenvalue weighted by Gasteiger charge is -2.13. The zero-order valence-corrected chi connectivity index (χ0v) is 18.0. The van der Waals surface area contributed by atoms with Crippen molar-refractivity contribution in [2.24, 2.45) is 0 Å². The van der Waals surface area contributed by atoms with Gasteiger partial charge >= 0.3 is 0 Å². The molecule has 1 amide bonds. The van der Waals surface area contributed by atoms with Crippen molar-refractivity contribution in [2.45, 2.75) is 25.7 Å². The quantitative estimate of drug-likeness (QED) is 0.431. The molecule has 0 aromatic heterocycles. The summed E-state index contributed by atoms with van der Waals surface area (Å²) in [4.78, 5) is 23.4. The molecule has 0 aliphatic heterocycles. The van der Waals surface area contributed by atoms with Crippen molar-refractivity contribution in [2.75, 3.05) is 10.0 Å². The molecule has 8 nitrogen and oxygen atoms in total. The van der Waals surface area contributed by atoms with Gasteiger partial charge in [-0.2, -0.15) is 0 Å². The fourth-order valence-electron chi connectivity index (χ4n) is 3.08. The first-order chi connectivity index (χ1) is 14.6. The first-order valence-corrected chi connectivity index (χ1v) is 10.8. The Morgan fingerprint density at radius 3 is 2.39 bits per heavy atom. The molecule has 0 aliphatic carbocycles. The lowest BCUT2D eigenvalue weighted by molar-refractivity contribution is -0.385. The number of nitrogens with zero attached hydrogens (tertiary/aromatic N) is 1. The highest BCUT2D eigenvalue weighted by Crippen LogP contribution is 2.26. The predicted octanol–water partition coefficient (Wildman–Crippen LogP) is 4.57. The van der Waals surface area contributed by atoms with E-state index in [0.717, 1.165) is 5.56 Å². The number of hydrogen-bond donors (Lipinski definition) is 2. The van der Waals surface area contributed by atoms with Gasteiger partial charge in [0.2, 0.25) is 0 Å². The molecule has 0 fully saturated rings. The van der Waals surface area contributed by atoms with Gasteiger partial charge in [-0.15, -0.1) is 0 Å². The molecular formula is C22H21N3O5S. The van der Waals surface area contributed by atoms with Crippen molar-refractivity contribution in [3.8, 4) is 0 Å². The maximum Gasteiger partial charge on any atom is 0.274 e. The molecule has 3 aromatic rings. The van der Waals surface area contributed by atoms with E-state index in [-0.39, 0.29) is 21.8 Å². The molecule has 0 spiro atoms. The van der Waals surface area contributed by atoms with Crippen LogP contribution in [0.2, 0.25) is 0 Å². The van der Waals surface area contributed by atoms with Gasteiger partial charge in [0.05, 0.1) is 21.1 Å². The summed E-state index contributed by atoms with van der Waals surface area (Å²) in [6.45, 7) is 5.06. The van der Waals surface area contributed by atoms with Crippen molar-refractivity contribution in [3.05, 3.63) is 93.0 Å². The highest BCUT2D eigenvalue weighted by molar-refractivity contribution is 7.92. The van der Waals surface area contributed by atoms with E-state index in [1.54, 1.807) is 45.0 Å². The van der Waals surface area contributed by atoms with Gasteiger partial charge in [-0.1, -0.05) is 24.3 Å². The SMILES string of the molecule is Cc1ccc(C)c(S(=O)(=O)Nc2cccc(C(=O)Nc3cccc([N+](=O)[O-])c3C)c2)c1. The third kappa shape index (κ3) is 4.89. The number of sulfonamides is 1. The largest absolute Gasteiger partial charge is 0.321 e. The van der Waals surface area contributed by atoms with Gasteiger partial charge in [0.25, 0.3) is 21.6 Å². The minimum absolute atomic E-state index is 0.104. The molecule has 3 aromatic carbocycles. The van der Waals surface area contributed by atoms with Crippen LogP contribution in [-0.2, 0) is 10.0 Å². The minimum atomic E-state index is -3.85. The smallest absolute Gasteiger partial charge is 0.274 e. The van der Waals surface area contributed by atoms with Crippen LogP contribution in [0, 0.1) is 30.9 Å². The molecule has 3 rings (SSSR count). The van der Waals surface area contributed by atoms with E-state index in [1.165, 1.54) is 30.3 Å². The molecular weight excluding hydrogens is 418 g/mol. The molecule has 160 valence electrons. The minimum Gasteiger partial charge on any atom is -0.321 e. The molecule has 2 N–H and O–H groups in total. The van der Waals surface area contributed by atoms with Crippen molar-refractivity contribution in [1.29, 1.82) is 0 Å². The third-order valence-corrected chi connectivity index (χ3v) is 6.28. The van der Waals surface area contributed by atoms with E-state index in [9.17, 15) is 23.3 Å². The van der Waals surface area contributed by atoms with E-state index in [0.29, 0.717) is 16.8 Å². The van der Waals surface area contributed by atoms with Crippen LogP contribution in [0.1, 0.15) is 27.0 Å². The molecule has 9 heteroatoms. The van der Waals surface area contributed by atoms with Gasteiger partial charge < -0.3 is 5.32 Å². The van der Waals surface area contributed by atoms with Gasteiger partial charge in [-0.25, -0.2) is 8.42 Å². The van der Waals surface area contributed by atoms with Crippen LogP contribution in [0.25, 0.3) is 0 Å². The second kappa shape index (κ2) is 8.57. The van der Waals surface area contributed by atoms with Crippen LogP contribution in [-0.4, -0.2) is 19.2 Å². The third-order valence-electron chi connectivity index (χ3n) is 4.76. The Hall–Kier alpha value is -3.72. The summed E-state index contributed by atoms with van der Waals surface area (Å²) >= 11 is 0. The molecule has 0 saturated heterocycles. The molecule has 0 bridgehead atoms. The number of carbonyl (C=O) groups is 1. The Labute approximate surface area is 180 Å². The second-order valence-corrected chi connectivity index (χ2v) is 8.77. The van der Waals surface area contributed by atoms with Crippen LogP contribution >= 0.6 is 0 Å². The van der Waals surface area contributed by atoms with E-state index in [2.05, 4.69) is 10.0 Å². The van der Waals surface area contributed by atoms with E-state index >= 15 is 0 Å². The number of anilines is 2. The summed E-state index contributed by atoms with van der Waals surface area (Å²) in [6, 6.07) is 15.6. The number of nitro groups is 1. The summed E-state index contributed by atoms with van der Waals surface area (Å²) in [6.07, 6.45) is 0. The van der Waals surface area contributed by atoms with Crippen LogP contribution in [0.3, 0.4) is 0 Å². The number of benzene rings is 3. The first-order valence-electron chi connectivity index (χ1n) is 9.34. The molecule has 0 heterocycles. The van der Waals surface area contributed by atoms with Gasteiger partial charge in [0, 0.05) is 17.3 Å². The van der Waals surface area contributed by atoms with Crippen LogP contribution in [0.5, 0.6) is 0 Å². The zero-order valence-electron chi connectivity index (χ0n) is 17.2. The fourth-order valence-corrected chi connectivity index (χ4v) is 4.46.